The van der Waals surface area contributed by atoms with Crippen molar-refractivity contribution in [2.24, 2.45) is 0 Å². The lowest BCUT2D eigenvalue weighted by atomic mass is 10.3. The number of nitrogens with two attached hydrogens (primary N) is 1. The third-order valence-corrected chi connectivity index (χ3v) is 3.17. The van der Waals surface area contributed by atoms with Crippen LogP contribution in [0.4, 0.5) is 11.4 Å². The molecule has 17 heavy (non-hydrogen) atoms. The predicted octanol–water partition coefficient (Wildman–Crippen LogP) is -0.227. The van der Waals surface area contributed by atoms with E-state index in [9.17, 15) is 16.8 Å². The Labute approximate surface area is 97.9 Å². The normalized spacial score (nSPS) is 12.4. The second kappa shape index (κ2) is 4.49. The van der Waals surface area contributed by atoms with Gasteiger partial charge in [0.2, 0.25) is 0 Å². The molecule has 0 aliphatic carbocycles. The van der Waals surface area contributed by atoms with E-state index in [-0.39, 0.29) is 11.4 Å². The van der Waals surface area contributed by atoms with Gasteiger partial charge >= 0.3 is 0 Å². The largest absolute Gasteiger partial charge is 0.398 e. The Morgan fingerprint density at radius 1 is 1.18 bits per heavy atom. The molecule has 0 amide bonds. The standard InChI is InChI=1S/C7H10N2O6S2/c8-6-2-1-5(9-4-16(10,11)12)3-7(6)17(13,14)15/h1-3,9H,4,8H2,(H,10,11,12)(H,13,14,15). The summed E-state index contributed by atoms with van der Waals surface area (Å²) in [4.78, 5) is -0.544. The van der Waals surface area contributed by atoms with Gasteiger partial charge in [-0.3, -0.25) is 9.11 Å². The minimum Gasteiger partial charge on any atom is -0.398 e. The van der Waals surface area contributed by atoms with Crippen LogP contribution in [0, 0.1) is 0 Å². The van der Waals surface area contributed by atoms with Gasteiger partial charge in [-0.1, -0.05) is 0 Å². The van der Waals surface area contributed by atoms with E-state index < -0.39 is 31.0 Å². The van der Waals surface area contributed by atoms with Crippen molar-refractivity contribution in [3.05, 3.63) is 18.2 Å². The van der Waals surface area contributed by atoms with Gasteiger partial charge in [0.25, 0.3) is 20.2 Å². The van der Waals surface area contributed by atoms with E-state index in [4.69, 9.17) is 14.8 Å². The number of nitrogen functional groups attached to an aromatic ring is 1. The fraction of sp³-hybridized carbons (Fsp3) is 0.143. The third kappa shape index (κ3) is 4.19. The molecule has 10 heteroatoms. The third-order valence-electron chi connectivity index (χ3n) is 1.75. The molecule has 0 aromatic heterocycles. The number of hydrogen-bond donors (Lipinski definition) is 4. The molecule has 8 nitrogen and oxygen atoms in total. The minimum absolute atomic E-state index is 0.0736. The van der Waals surface area contributed by atoms with E-state index in [0.717, 1.165) is 6.07 Å². The van der Waals surface area contributed by atoms with E-state index in [1.807, 2.05) is 0 Å². The number of anilines is 2. The summed E-state index contributed by atoms with van der Waals surface area (Å²) >= 11 is 0. The van der Waals surface area contributed by atoms with Crippen LogP contribution in [0.5, 0.6) is 0 Å². The highest BCUT2D eigenvalue weighted by Crippen LogP contribution is 2.22. The maximum atomic E-state index is 10.9. The van der Waals surface area contributed by atoms with Gasteiger partial charge in [-0.25, -0.2) is 0 Å². The quantitative estimate of drug-likeness (QED) is 0.437. The number of benzene rings is 1. The highest BCUT2D eigenvalue weighted by molar-refractivity contribution is 7.86. The first-order valence-corrected chi connectivity index (χ1v) is 7.20. The molecule has 1 aromatic rings. The van der Waals surface area contributed by atoms with E-state index in [2.05, 4.69) is 5.32 Å². The van der Waals surface area contributed by atoms with Crippen LogP contribution >= 0.6 is 0 Å². The molecule has 1 aromatic carbocycles. The molecule has 0 spiro atoms. The summed E-state index contributed by atoms with van der Waals surface area (Å²) in [5, 5.41) is 2.26. The maximum Gasteiger partial charge on any atom is 0.296 e. The van der Waals surface area contributed by atoms with Crippen molar-refractivity contribution in [2.45, 2.75) is 4.90 Å². The van der Waals surface area contributed by atoms with Crippen molar-refractivity contribution < 1.29 is 25.9 Å². The average Bonchev–Trinajstić information content (AvgIpc) is 2.13. The Balaban J connectivity index is 3.06. The Hall–Kier alpha value is -1.36. The van der Waals surface area contributed by atoms with Crippen molar-refractivity contribution in [1.29, 1.82) is 0 Å². The summed E-state index contributed by atoms with van der Waals surface area (Å²) in [6.45, 7) is 0. The van der Waals surface area contributed by atoms with E-state index in [1.54, 1.807) is 0 Å². The number of nitrogens with one attached hydrogen (secondary N) is 1. The molecule has 0 unspecified atom stereocenters. The fourth-order valence-electron chi connectivity index (χ4n) is 1.04. The van der Waals surface area contributed by atoms with Crippen LogP contribution in [-0.4, -0.2) is 31.8 Å². The van der Waals surface area contributed by atoms with Crippen LogP contribution in [-0.2, 0) is 20.2 Å². The van der Waals surface area contributed by atoms with Gasteiger partial charge in [0.15, 0.2) is 0 Å². The van der Waals surface area contributed by atoms with Gasteiger partial charge in [0.1, 0.15) is 10.8 Å². The molecular weight excluding hydrogens is 272 g/mol. The van der Waals surface area contributed by atoms with Crippen LogP contribution in [0.1, 0.15) is 0 Å². The molecule has 1 rings (SSSR count). The van der Waals surface area contributed by atoms with Crippen LogP contribution < -0.4 is 11.1 Å². The van der Waals surface area contributed by atoms with Crippen molar-refractivity contribution in [3.63, 3.8) is 0 Å². The smallest absolute Gasteiger partial charge is 0.296 e. The summed E-state index contributed by atoms with van der Waals surface area (Å²) in [5.74, 6) is -0.790. The summed E-state index contributed by atoms with van der Waals surface area (Å²) in [6, 6.07) is 3.43. The first kappa shape index (κ1) is 13.7. The summed E-state index contributed by atoms with van der Waals surface area (Å²) in [6.07, 6.45) is 0. The van der Waals surface area contributed by atoms with Crippen molar-refractivity contribution in [2.75, 3.05) is 16.9 Å². The molecule has 5 N–H and O–H groups in total. The Bertz CT molecular complexity index is 622. The minimum atomic E-state index is -4.49. The molecule has 0 aliphatic rings. The molecule has 0 radical (unpaired) electrons. The summed E-state index contributed by atoms with van der Waals surface area (Å²) in [5.41, 5.74) is 5.22. The fourth-order valence-corrected chi connectivity index (χ4v) is 2.03. The maximum absolute atomic E-state index is 10.9. The highest BCUT2D eigenvalue weighted by atomic mass is 32.2. The zero-order valence-electron chi connectivity index (χ0n) is 8.36. The van der Waals surface area contributed by atoms with Crippen LogP contribution in [0.3, 0.4) is 0 Å². The van der Waals surface area contributed by atoms with Gasteiger partial charge in [-0.15, -0.1) is 0 Å². The van der Waals surface area contributed by atoms with E-state index >= 15 is 0 Å². The molecule has 0 bridgehead atoms. The predicted molar refractivity (Wildman–Crippen MR) is 60.7 cm³/mol. The van der Waals surface area contributed by atoms with Crippen LogP contribution in [0.15, 0.2) is 23.1 Å². The Morgan fingerprint density at radius 3 is 2.24 bits per heavy atom. The summed E-state index contributed by atoms with van der Waals surface area (Å²) in [7, 11) is -8.72. The Morgan fingerprint density at radius 2 is 1.76 bits per heavy atom. The van der Waals surface area contributed by atoms with Crippen LogP contribution in [0.25, 0.3) is 0 Å². The number of hydrogen-bond acceptors (Lipinski definition) is 6. The average molecular weight is 282 g/mol. The number of rotatable bonds is 4. The first-order valence-electron chi connectivity index (χ1n) is 4.15. The zero-order valence-corrected chi connectivity index (χ0v) is 9.99. The van der Waals surface area contributed by atoms with E-state index in [1.165, 1.54) is 12.1 Å². The molecule has 0 atom stereocenters. The second-order valence-electron chi connectivity index (χ2n) is 3.13. The first-order chi connectivity index (χ1) is 7.59. The molecule has 0 aliphatic heterocycles. The second-order valence-corrected chi connectivity index (χ2v) is 5.97. The lowest BCUT2D eigenvalue weighted by molar-refractivity contribution is 0.482. The summed E-state index contributed by atoms with van der Waals surface area (Å²) < 4.78 is 60.0. The van der Waals surface area contributed by atoms with E-state index in [0.29, 0.717) is 0 Å². The van der Waals surface area contributed by atoms with Gasteiger partial charge in [-0.2, -0.15) is 16.8 Å². The van der Waals surface area contributed by atoms with Gasteiger partial charge in [0.05, 0.1) is 5.69 Å². The molecule has 96 valence electrons. The molecule has 0 fully saturated rings. The zero-order chi connectivity index (χ0) is 13.3. The highest BCUT2D eigenvalue weighted by Gasteiger charge is 2.15. The monoisotopic (exact) mass is 282 g/mol. The van der Waals surface area contributed by atoms with Gasteiger partial charge < -0.3 is 11.1 Å². The van der Waals surface area contributed by atoms with Gasteiger partial charge in [0, 0.05) is 5.69 Å². The van der Waals surface area contributed by atoms with Gasteiger partial charge in [-0.05, 0) is 18.2 Å². The molecular formula is C7H10N2O6S2. The molecule has 0 heterocycles. The van der Waals surface area contributed by atoms with Crippen molar-refractivity contribution >= 4 is 31.6 Å². The molecule has 0 saturated heterocycles. The van der Waals surface area contributed by atoms with Crippen molar-refractivity contribution in [1.82, 2.24) is 0 Å². The Kier molecular flexibility index (Phi) is 3.62. The lowest BCUT2D eigenvalue weighted by Crippen LogP contribution is -2.13. The SMILES string of the molecule is Nc1ccc(NCS(=O)(=O)O)cc1S(=O)(=O)O. The molecule has 0 saturated carbocycles. The topological polar surface area (TPSA) is 147 Å². The van der Waals surface area contributed by atoms with Crippen molar-refractivity contribution in [3.8, 4) is 0 Å². The van der Waals surface area contributed by atoms with Crippen LogP contribution in [0.2, 0.25) is 0 Å². The lowest BCUT2D eigenvalue weighted by Gasteiger charge is -2.07.